The minimum Gasteiger partial charge on any atom is -0.237 e. The first-order valence-corrected chi connectivity index (χ1v) is 8.95. The Morgan fingerprint density at radius 3 is 1.48 bits per heavy atom. The van der Waals surface area contributed by atoms with Gasteiger partial charge in [-0.15, -0.1) is 0 Å². The highest BCUT2D eigenvalue weighted by Gasteiger charge is 1.85. The highest BCUT2D eigenvalue weighted by atomic mass is 16.2. The topological polar surface area (TPSA) is 19.9 Å². The van der Waals surface area contributed by atoms with Gasteiger partial charge < -0.3 is 0 Å². The van der Waals surface area contributed by atoms with Crippen LogP contribution in [0.5, 0.6) is 0 Å². The highest BCUT2D eigenvalue weighted by molar-refractivity contribution is 4.92. The molecule has 1 nitrogen and oxygen atoms in total. The molecular weight excluding hydrogens is 256 g/mol. The van der Waals surface area contributed by atoms with Crippen molar-refractivity contribution in [2.75, 3.05) is 6.61 Å². The fraction of sp³-hybridized carbons (Fsp3) is 0.700. The van der Waals surface area contributed by atoms with Crippen LogP contribution in [0.25, 0.3) is 0 Å². The summed E-state index contributed by atoms with van der Waals surface area (Å²) in [5, 5.41) is 10.3. The summed E-state index contributed by atoms with van der Waals surface area (Å²) in [5.74, 6) is 0. The summed E-state index contributed by atoms with van der Waals surface area (Å²) in [5.41, 5.74) is 0. The molecule has 0 aromatic carbocycles. The van der Waals surface area contributed by atoms with Crippen LogP contribution >= 0.6 is 0 Å². The maximum absolute atomic E-state index is 10.3. The molecule has 0 heterocycles. The van der Waals surface area contributed by atoms with Crippen LogP contribution in [-0.4, -0.2) is 6.61 Å². The van der Waals surface area contributed by atoms with Crippen LogP contribution in [0.4, 0.5) is 0 Å². The molecule has 0 fully saturated rings. The molecule has 0 N–H and O–H groups in total. The maximum Gasteiger partial charge on any atom is 0.0822 e. The first kappa shape index (κ1) is 20.2. The van der Waals surface area contributed by atoms with Crippen LogP contribution < -0.4 is 0 Å². The molecular formula is C20H35O. The lowest BCUT2D eigenvalue weighted by Gasteiger charge is -1.94. The summed E-state index contributed by atoms with van der Waals surface area (Å²) in [6, 6.07) is 0. The molecule has 0 spiro atoms. The van der Waals surface area contributed by atoms with Crippen LogP contribution in [0.2, 0.25) is 0 Å². The van der Waals surface area contributed by atoms with Gasteiger partial charge in [0.1, 0.15) is 0 Å². The molecule has 0 aromatic heterocycles. The van der Waals surface area contributed by atoms with Gasteiger partial charge in [-0.3, -0.25) is 0 Å². The van der Waals surface area contributed by atoms with Crippen molar-refractivity contribution in [3.05, 3.63) is 36.5 Å². The van der Waals surface area contributed by atoms with Crippen molar-refractivity contribution in [2.45, 2.75) is 84.0 Å². The minimum absolute atomic E-state index is 0.0775. The smallest absolute Gasteiger partial charge is 0.0822 e. The van der Waals surface area contributed by atoms with Crippen molar-refractivity contribution < 1.29 is 5.11 Å². The Hall–Kier alpha value is -0.820. The van der Waals surface area contributed by atoms with E-state index in [9.17, 15) is 5.11 Å². The van der Waals surface area contributed by atoms with E-state index in [-0.39, 0.29) is 6.61 Å². The molecule has 121 valence electrons. The van der Waals surface area contributed by atoms with E-state index in [0.717, 1.165) is 25.7 Å². The molecule has 0 amide bonds. The largest absolute Gasteiger partial charge is 0.237 e. The summed E-state index contributed by atoms with van der Waals surface area (Å²) >= 11 is 0. The molecule has 0 aliphatic carbocycles. The van der Waals surface area contributed by atoms with Crippen molar-refractivity contribution in [2.24, 2.45) is 0 Å². The van der Waals surface area contributed by atoms with Gasteiger partial charge >= 0.3 is 0 Å². The summed E-state index contributed by atoms with van der Waals surface area (Å²) < 4.78 is 0. The average molecular weight is 291 g/mol. The van der Waals surface area contributed by atoms with Gasteiger partial charge in [0.05, 0.1) is 6.61 Å². The van der Waals surface area contributed by atoms with Crippen molar-refractivity contribution in [3.63, 3.8) is 0 Å². The quantitative estimate of drug-likeness (QED) is 0.234. The van der Waals surface area contributed by atoms with E-state index in [0.29, 0.717) is 0 Å². The lowest BCUT2D eigenvalue weighted by Crippen LogP contribution is -1.78. The van der Waals surface area contributed by atoms with Gasteiger partial charge in [-0.05, 0) is 64.2 Å². The summed E-state index contributed by atoms with van der Waals surface area (Å²) in [6.45, 7) is 2.32. The maximum atomic E-state index is 10.3. The minimum atomic E-state index is 0.0775. The number of rotatable bonds is 15. The lowest BCUT2D eigenvalue weighted by molar-refractivity contribution is 0.187. The average Bonchev–Trinajstić information content (AvgIpc) is 2.50. The Balaban J connectivity index is 3.21. The zero-order chi connectivity index (χ0) is 15.4. The van der Waals surface area contributed by atoms with E-state index in [1.807, 2.05) is 0 Å². The third-order valence-electron chi connectivity index (χ3n) is 3.50. The predicted octanol–water partition coefficient (Wildman–Crippen LogP) is 6.79. The summed E-state index contributed by atoms with van der Waals surface area (Å²) in [6.07, 6.45) is 27.9. The molecule has 0 bridgehead atoms. The van der Waals surface area contributed by atoms with Crippen molar-refractivity contribution >= 4 is 0 Å². The highest BCUT2D eigenvalue weighted by Crippen LogP contribution is 2.04. The molecule has 1 radical (unpaired) electrons. The zero-order valence-corrected chi connectivity index (χ0v) is 14.1. The number of unbranched alkanes of at least 4 members (excludes halogenated alkanes) is 8. The number of allylic oxidation sites excluding steroid dienone is 6. The van der Waals surface area contributed by atoms with E-state index in [4.69, 9.17) is 0 Å². The van der Waals surface area contributed by atoms with Gasteiger partial charge in [0.25, 0.3) is 0 Å². The van der Waals surface area contributed by atoms with Crippen molar-refractivity contribution in [1.29, 1.82) is 0 Å². The second-order valence-corrected chi connectivity index (χ2v) is 5.63. The molecule has 0 saturated heterocycles. The normalized spacial score (nSPS) is 12.3. The van der Waals surface area contributed by atoms with Gasteiger partial charge in [-0.2, -0.15) is 0 Å². The van der Waals surface area contributed by atoms with Gasteiger partial charge in [-0.1, -0.05) is 56.2 Å². The molecule has 0 saturated carbocycles. The van der Waals surface area contributed by atoms with Gasteiger partial charge in [-0.25, -0.2) is 5.11 Å². The summed E-state index contributed by atoms with van der Waals surface area (Å²) in [4.78, 5) is 0. The molecule has 0 aromatic rings. The monoisotopic (exact) mass is 291 g/mol. The SMILES string of the molecule is CCCCCC=CCC=CCCCCC=CCCCC[O]. The standard InChI is InChI=1S/C20H35O/c1-2-3-4-5-6-7-8-9-10-11-12-13-14-15-16-17-18-19-20-21/h6-7,9-10,15-16H,2-5,8,11-14,17-20H2,1H3. The van der Waals surface area contributed by atoms with Crippen LogP contribution in [0.1, 0.15) is 84.0 Å². The second-order valence-electron chi connectivity index (χ2n) is 5.63. The molecule has 0 aliphatic heterocycles. The molecule has 21 heavy (non-hydrogen) atoms. The predicted molar refractivity (Wildman–Crippen MR) is 94.1 cm³/mol. The van der Waals surface area contributed by atoms with E-state index >= 15 is 0 Å². The molecule has 1 heteroatoms. The van der Waals surface area contributed by atoms with Crippen LogP contribution in [0, 0.1) is 0 Å². The van der Waals surface area contributed by atoms with Gasteiger partial charge in [0.2, 0.25) is 0 Å². The Labute approximate surface area is 132 Å². The fourth-order valence-electron chi connectivity index (χ4n) is 2.14. The Morgan fingerprint density at radius 1 is 0.571 bits per heavy atom. The van der Waals surface area contributed by atoms with E-state index in [2.05, 4.69) is 43.4 Å². The van der Waals surface area contributed by atoms with Crippen LogP contribution in [0.15, 0.2) is 36.5 Å². The Kier molecular flexibility index (Phi) is 18.4. The summed E-state index contributed by atoms with van der Waals surface area (Å²) in [7, 11) is 0. The molecule has 0 unspecified atom stereocenters. The van der Waals surface area contributed by atoms with Crippen molar-refractivity contribution in [3.8, 4) is 0 Å². The Bertz CT molecular complexity index is 263. The second kappa shape index (κ2) is 19.2. The zero-order valence-electron chi connectivity index (χ0n) is 14.1. The molecule has 0 atom stereocenters. The van der Waals surface area contributed by atoms with E-state index < -0.39 is 0 Å². The first-order chi connectivity index (χ1) is 10.4. The third kappa shape index (κ3) is 19.2. The lowest BCUT2D eigenvalue weighted by atomic mass is 10.1. The molecule has 0 aliphatic rings. The van der Waals surface area contributed by atoms with Gasteiger partial charge in [0.15, 0.2) is 0 Å². The fourth-order valence-corrected chi connectivity index (χ4v) is 2.14. The van der Waals surface area contributed by atoms with E-state index in [1.54, 1.807) is 0 Å². The first-order valence-electron chi connectivity index (χ1n) is 8.95. The third-order valence-corrected chi connectivity index (χ3v) is 3.50. The van der Waals surface area contributed by atoms with Gasteiger partial charge in [0, 0.05) is 0 Å². The number of hydrogen-bond acceptors (Lipinski definition) is 0. The molecule has 0 rings (SSSR count). The van der Waals surface area contributed by atoms with E-state index in [1.165, 1.54) is 51.4 Å². The van der Waals surface area contributed by atoms with Crippen molar-refractivity contribution in [1.82, 2.24) is 0 Å². The van der Waals surface area contributed by atoms with Crippen LogP contribution in [-0.2, 0) is 5.11 Å². The number of hydrogen-bond donors (Lipinski definition) is 0. The Morgan fingerprint density at radius 2 is 1.00 bits per heavy atom. The van der Waals surface area contributed by atoms with Crippen LogP contribution in [0.3, 0.4) is 0 Å².